The maximum atomic E-state index is 9.81. The number of aliphatic hydroxyl groups is 1. The second-order valence-electron chi connectivity index (χ2n) is 2.24. The van der Waals surface area contributed by atoms with Crippen LogP contribution in [0.4, 0.5) is 0 Å². The topological polar surface area (TPSA) is 176 Å². The normalized spacial score (nSPS) is 12.6. The number of phosphoric acid groups is 1. The lowest BCUT2D eigenvalue weighted by atomic mass is 10.3. The number of aliphatic hydroxyl groups excluding tert-OH is 1. The number of carbonyl (C=O) groups is 1. The van der Waals surface area contributed by atoms with Crippen molar-refractivity contribution in [2.24, 2.45) is 11.5 Å². The monoisotopic (exact) mass is 246 g/mol. The van der Waals surface area contributed by atoms with E-state index in [-0.39, 0.29) is 13.2 Å². The first kappa shape index (κ1) is 16.9. The Bertz CT molecular complexity index is 217. The second-order valence-corrected chi connectivity index (χ2v) is 3.48. The zero-order valence-corrected chi connectivity index (χ0v) is 8.71. The summed E-state index contributed by atoms with van der Waals surface area (Å²) < 4.78 is 13.7. The van der Waals surface area contributed by atoms with E-state index in [2.05, 4.69) is 4.52 Å². The van der Waals surface area contributed by atoms with Gasteiger partial charge in [0.05, 0.1) is 13.2 Å². The van der Waals surface area contributed by atoms with E-state index in [1.807, 2.05) is 0 Å². The molecule has 0 aromatic rings. The van der Waals surface area contributed by atoms with E-state index >= 15 is 0 Å². The molecule has 0 radical (unpaired) electrons. The molecule has 0 saturated carbocycles. The molecular formula is C5H15N2O7P. The van der Waals surface area contributed by atoms with Crippen LogP contribution >= 0.6 is 7.82 Å². The summed E-state index contributed by atoms with van der Waals surface area (Å²) in [5, 5.41) is 15.9. The number of phosphoric ester groups is 1. The number of hydrogen-bond donors (Lipinski definition) is 6. The molecule has 0 aliphatic carbocycles. The number of nitrogens with two attached hydrogens (primary N) is 2. The number of rotatable bonds is 5. The van der Waals surface area contributed by atoms with Gasteiger partial charge in [0.15, 0.2) is 0 Å². The molecule has 0 bridgehead atoms. The Morgan fingerprint density at radius 2 is 1.93 bits per heavy atom. The number of hydrogen-bond acceptors (Lipinski definition) is 6. The van der Waals surface area contributed by atoms with Gasteiger partial charge in [-0.15, -0.1) is 0 Å². The van der Waals surface area contributed by atoms with Crippen LogP contribution in [0.1, 0.15) is 0 Å². The molecule has 0 aliphatic rings. The molecule has 9 nitrogen and oxygen atoms in total. The minimum absolute atomic E-state index is 0.107. The third-order valence-corrected chi connectivity index (χ3v) is 1.41. The first-order valence-corrected chi connectivity index (χ1v) is 5.27. The van der Waals surface area contributed by atoms with Crippen molar-refractivity contribution in [2.45, 2.75) is 6.04 Å². The van der Waals surface area contributed by atoms with Gasteiger partial charge in [-0.1, -0.05) is 0 Å². The van der Waals surface area contributed by atoms with Gasteiger partial charge in [0, 0.05) is 6.54 Å². The van der Waals surface area contributed by atoms with Crippen molar-refractivity contribution in [1.29, 1.82) is 0 Å². The SMILES string of the molecule is NCCOP(=O)(O)O.N[C@@H](CO)C(=O)O. The molecule has 15 heavy (non-hydrogen) atoms. The summed E-state index contributed by atoms with van der Waals surface area (Å²) in [5.74, 6) is -1.18. The first-order valence-electron chi connectivity index (χ1n) is 3.74. The maximum absolute atomic E-state index is 9.81. The van der Waals surface area contributed by atoms with Crippen molar-refractivity contribution in [2.75, 3.05) is 19.8 Å². The van der Waals surface area contributed by atoms with Gasteiger partial charge in [0.1, 0.15) is 6.04 Å². The first-order chi connectivity index (χ1) is 6.74. The van der Waals surface area contributed by atoms with Crippen LogP contribution in [-0.2, 0) is 13.9 Å². The fourth-order valence-electron chi connectivity index (χ4n) is 0.250. The molecule has 0 aromatic carbocycles. The Morgan fingerprint density at radius 1 is 1.47 bits per heavy atom. The van der Waals surface area contributed by atoms with Crippen LogP contribution in [-0.4, -0.2) is 51.8 Å². The predicted octanol–water partition coefficient (Wildman–Crippen LogP) is -2.55. The summed E-state index contributed by atoms with van der Waals surface area (Å²) in [6, 6.07) is -1.13. The Hall–Kier alpha value is -0.540. The van der Waals surface area contributed by atoms with Crippen molar-refractivity contribution in [3.63, 3.8) is 0 Å². The van der Waals surface area contributed by atoms with Crippen LogP contribution < -0.4 is 11.5 Å². The smallest absolute Gasteiger partial charge is 0.469 e. The van der Waals surface area contributed by atoms with Crippen molar-refractivity contribution < 1.29 is 33.9 Å². The fraction of sp³-hybridized carbons (Fsp3) is 0.800. The Balaban J connectivity index is 0. The van der Waals surface area contributed by atoms with Gasteiger partial charge in [0.25, 0.3) is 0 Å². The molecule has 10 heteroatoms. The molecule has 92 valence electrons. The summed E-state index contributed by atoms with van der Waals surface area (Å²) in [6.07, 6.45) is 0. The summed E-state index contributed by atoms with van der Waals surface area (Å²) in [5.41, 5.74) is 9.63. The molecule has 0 aromatic heterocycles. The zero-order chi connectivity index (χ0) is 12.5. The standard InChI is InChI=1S/C3H7NO3.C2H8NO4P/c4-2(1-5)3(6)7;3-1-2-7-8(4,5)6/h2,5H,1,4H2,(H,6,7);1-3H2,(H2,4,5,6)/t2-;/m0./s1. The predicted molar refractivity (Wildman–Crippen MR) is 49.7 cm³/mol. The van der Waals surface area contributed by atoms with Crippen molar-refractivity contribution in [1.82, 2.24) is 0 Å². The van der Waals surface area contributed by atoms with Crippen LogP contribution in [0.15, 0.2) is 0 Å². The zero-order valence-electron chi connectivity index (χ0n) is 7.81. The highest BCUT2D eigenvalue weighted by molar-refractivity contribution is 7.46. The molecule has 0 rings (SSSR count). The second kappa shape index (κ2) is 8.74. The summed E-state index contributed by atoms with van der Waals surface area (Å²) >= 11 is 0. The lowest BCUT2D eigenvalue weighted by molar-refractivity contribution is -0.139. The van der Waals surface area contributed by atoms with Gasteiger partial charge in [-0.25, -0.2) is 4.57 Å². The molecule has 0 spiro atoms. The van der Waals surface area contributed by atoms with Crippen LogP contribution in [0, 0.1) is 0 Å². The molecular weight excluding hydrogens is 231 g/mol. The van der Waals surface area contributed by atoms with E-state index in [0.717, 1.165) is 0 Å². The fourth-order valence-corrected chi connectivity index (χ4v) is 0.593. The van der Waals surface area contributed by atoms with Crippen LogP contribution in [0.25, 0.3) is 0 Å². The van der Waals surface area contributed by atoms with Gasteiger partial charge >= 0.3 is 13.8 Å². The molecule has 0 amide bonds. The van der Waals surface area contributed by atoms with E-state index in [9.17, 15) is 9.36 Å². The maximum Gasteiger partial charge on any atom is 0.469 e. The minimum Gasteiger partial charge on any atom is -0.480 e. The van der Waals surface area contributed by atoms with Crippen LogP contribution in [0.5, 0.6) is 0 Å². The van der Waals surface area contributed by atoms with Crippen molar-refractivity contribution in [3.05, 3.63) is 0 Å². The summed E-state index contributed by atoms with van der Waals surface area (Å²) in [4.78, 5) is 25.6. The largest absolute Gasteiger partial charge is 0.480 e. The van der Waals surface area contributed by atoms with Crippen LogP contribution in [0.2, 0.25) is 0 Å². The van der Waals surface area contributed by atoms with E-state index in [1.165, 1.54) is 0 Å². The molecule has 0 aliphatic heterocycles. The van der Waals surface area contributed by atoms with Gasteiger partial charge in [-0.2, -0.15) is 0 Å². The average Bonchev–Trinajstić information content (AvgIpc) is 2.13. The quantitative estimate of drug-likeness (QED) is 0.285. The third-order valence-electron chi connectivity index (χ3n) is 0.891. The number of carboxylic acids is 1. The van der Waals surface area contributed by atoms with Gasteiger partial charge in [-0.05, 0) is 0 Å². The van der Waals surface area contributed by atoms with E-state index in [1.54, 1.807) is 0 Å². The van der Waals surface area contributed by atoms with E-state index < -0.39 is 26.4 Å². The lowest BCUT2D eigenvalue weighted by Gasteiger charge is -2.00. The van der Waals surface area contributed by atoms with Gasteiger partial charge in [0.2, 0.25) is 0 Å². The highest BCUT2D eigenvalue weighted by Gasteiger charge is 2.11. The Kier molecular flexibility index (Phi) is 9.84. The van der Waals surface area contributed by atoms with E-state index in [4.69, 9.17) is 31.5 Å². The summed E-state index contributed by atoms with van der Waals surface area (Å²) in [6.45, 7) is -0.495. The molecule has 0 fully saturated rings. The molecule has 1 atom stereocenters. The van der Waals surface area contributed by atoms with Crippen LogP contribution in [0.3, 0.4) is 0 Å². The highest BCUT2D eigenvalue weighted by atomic mass is 31.2. The van der Waals surface area contributed by atoms with E-state index in [0.29, 0.717) is 0 Å². The van der Waals surface area contributed by atoms with Crippen molar-refractivity contribution >= 4 is 13.8 Å². The Morgan fingerprint density at radius 3 is 2.00 bits per heavy atom. The van der Waals surface area contributed by atoms with Gasteiger partial charge in [-0.3, -0.25) is 9.32 Å². The summed E-state index contributed by atoms with van der Waals surface area (Å²) in [7, 11) is -4.26. The minimum atomic E-state index is -4.26. The number of aliphatic carboxylic acids is 1. The third kappa shape index (κ3) is 16.2. The molecule has 0 unspecified atom stereocenters. The molecule has 0 saturated heterocycles. The molecule has 0 heterocycles. The lowest BCUT2D eigenvalue weighted by Crippen LogP contribution is -2.33. The Labute approximate surface area is 85.9 Å². The average molecular weight is 246 g/mol. The van der Waals surface area contributed by atoms with Gasteiger partial charge < -0.3 is 31.5 Å². The van der Waals surface area contributed by atoms with Crippen molar-refractivity contribution in [3.8, 4) is 0 Å². The number of carboxylic acid groups (broad SMARTS) is 1. The molecule has 8 N–H and O–H groups in total. The highest BCUT2D eigenvalue weighted by Crippen LogP contribution is 2.34.